The van der Waals surface area contributed by atoms with Gasteiger partial charge in [-0.25, -0.2) is 0 Å². The fourth-order valence-electron chi connectivity index (χ4n) is 1.43. The van der Waals surface area contributed by atoms with Gasteiger partial charge in [-0.1, -0.05) is 47.1 Å². The molecule has 0 aliphatic rings. The molecule has 0 saturated heterocycles. The van der Waals surface area contributed by atoms with Crippen molar-refractivity contribution in [1.29, 1.82) is 0 Å². The van der Waals surface area contributed by atoms with Gasteiger partial charge in [0.25, 0.3) is 0 Å². The van der Waals surface area contributed by atoms with E-state index in [9.17, 15) is 9.46 Å². The van der Waals surface area contributed by atoms with Crippen LogP contribution in [0.3, 0.4) is 0 Å². The summed E-state index contributed by atoms with van der Waals surface area (Å²) in [5.41, 5.74) is 1.23. The second-order valence-corrected chi connectivity index (χ2v) is 5.95. The molecule has 96 valence electrons. The molecule has 1 aromatic carbocycles. The second kappa shape index (κ2) is 5.24. The number of halogens is 1. The average Bonchev–Trinajstić information content (AvgIpc) is 2.72. The van der Waals surface area contributed by atoms with E-state index < -0.39 is 7.60 Å². The number of hydrogen-bond acceptors (Lipinski definition) is 4. The van der Waals surface area contributed by atoms with Crippen LogP contribution < -0.4 is 0 Å². The van der Waals surface area contributed by atoms with Gasteiger partial charge in [0.1, 0.15) is 16.9 Å². The highest BCUT2D eigenvalue weighted by molar-refractivity contribution is 7.51. The monoisotopic (exact) mass is 287 g/mol. The van der Waals surface area contributed by atoms with Crippen molar-refractivity contribution in [3.05, 3.63) is 41.1 Å². The van der Waals surface area contributed by atoms with Gasteiger partial charge in [-0.05, 0) is 0 Å². The molecule has 1 unspecified atom stereocenters. The molecule has 0 aliphatic carbocycles. The first-order valence-electron chi connectivity index (χ1n) is 5.10. The number of benzene rings is 1. The summed E-state index contributed by atoms with van der Waals surface area (Å²) >= 11 is 6.08. The Labute approximate surface area is 109 Å². The van der Waals surface area contributed by atoms with Crippen LogP contribution in [-0.4, -0.2) is 17.2 Å². The van der Waals surface area contributed by atoms with Crippen molar-refractivity contribution in [2.24, 2.45) is 0 Å². The third-order valence-electron chi connectivity index (χ3n) is 2.38. The Kier molecular flexibility index (Phi) is 3.88. The minimum atomic E-state index is -3.72. The minimum absolute atomic E-state index is 0.142. The highest BCUT2D eigenvalue weighted by Gasteiger charge is 2.25. The van der Waals surface area contributed by atoms with Gasteiger partial charge in [0.05, 0.1) is 0 Å². The lowest BCUT2D eigenvalue weighted by Crippen LogP contribution is -1.89. The fourth-order valence-corrected chi connectivity index (χ4v) is 2.48. The normalized spacial score (nSPS) is 14.4. The van der Waals surface area contributed by atoms with Crippen molar-refractivity contribution in [2.75, 3.05) is 7.11 Å². The highest BCUT2D eigenvalue weighted by Crippen LogP contribution is 2.47. The Hall–Kier alpha value is -1.13. The van der Waals surface area contributed by atoms with Crippen LogP contribution in [0.2, 0.25) is 5.02 Å². The van der Waals surface area contributed by atoms with E-state index >= 15 is 0 Å². The molecule has 7 heteroatoms. The Morgan fingerprint density at radius 1 is 1.44 bits per heavy atom. The highest BCUT2D eigenvalue weighted by atomic mass is 35.5. The lowest BCUT2D eigenvalue weighted by atomic mass is 10.1. The topological polar surface area (TPSA) is 72.6 Å². The van der Waals surface area contributed by atoms with Crippen molar-refractivity contribution in [1.82, 2.24) is 5.16 Å². The summed E-state index contributed by atoms with van der Waals surface area (Å²) in [5.74, 6) is 0.142. The Morgan fingerprint density at radius 2 is 2.11 bits per heavy atom. The summed E-state index contributed by atoms with van der Waals surface area (Å²) < 4.78 is 20.9. The Balaban J connectivity index is 2.33. The quantitative estimate of drug-likeness (QED) is 0.873. The van der Waals surface area contributed by atoms with Gasteiger partial charge in [-0.3, -0.25) is 4.57 Å². The van der Waals surface area contributed by atoms with Crippen molar-refractivity contribution in [2.45, 2.75) is 6.16 Å². The maximum absolute atomic E-state index is 11.4. The number of nitrogens with zero attached hydrogens (tertiary/aromatic N) is 1. The van der Waals surface area contributed by atoms with Crippen LogP contribution in [-0.2, 0) is 15.3 Å². The van der Waals surface area contributed by atoms with Gasteiger partial charge in [-0.15, -0.1) is 0 Å². The van der Waals surface area contributed by atoms with Gasteiger partial charge in [-0.2, -0.15) is 0 Å². The fraction of sp³-hybridized carbons (Fsp3) is 0.182. The summed E-state index contributed by atoms with van der Waals surface area (Å²) in [6.45, 7) is 0. The first-order valence-corrected chi connectivity index (χ1v) is 7.24. The third-order valence-corrected chi connectivity index (χ3v) is 4.02. The minimum Gasteiger partial charge on any atom is -0.358 e. The average molecular weight is 288 g/mol. The molecule has 18 heavy (non-hydrogen) atoms. The smallest absolute Gasteiger partial charge is 0.335 e. The molecule has 5 nitrogen and oxygen atoms in total. The van der Waals surface area contributed by atoms with E-state index in [4.69, 9.17) is 16.1 Å². The van der Waals surface area contributed by atoms with Crippen LogP contribution in [0.1, 0.15) is 5.76 Å². The van der Waals surface area contributed by atoms with E-state index in [0.29, 0.717) is 5.69 Å². The third kappa shape index (κ3) is 2.82. The molecular formula is C11H11ClNO4P. The van der Waals surface area contributed by atoms with E-state index in [2.05, 4.69) is 9.68 Å². The molecule has 2 aromatic rings. The molecule has 0 saturated carbocycles. The molecule has 2 rings (SSSR count). The Bertz CT molecular complexity index is 584. The largest absolute Gasteiger partial charge is 0.358 e. The molecule has 0 aliphatic heterocycles. The SMILES string of the molecule is COP(=O)(O)Cc1onc(-c2ccccc2)c1Cl. The first-order chi connectivity index (χ1) is 8.53. The maximum atomic E-state index is 11.4. The van der Waals surface area contributed by atoms with E-state index in [1.54, 1.807) is 0 Å². The van der Waals surface area contributed by atoms with Crippen molar-refractivity contribution < 1.29 is 18.5 Å². The summed E-state index contributed by atoms with van der Waals surface area (Å²) in [6, 6.07) is 9.19. The second-order valence-electron chi connectivity index (χ2n) is 3.61. The van der Waals surface area contributed by atoms with E-state index in [-0.39, 0.29) is 16.9 Å². The van der Waals surface area contributed by atoms with Gasteiger partial charge in [0, 0.05) is 12.7 Å². The number of hydrogen-bond donors (Lipinski definition) is 1. The lowest BCUT2D eigenvalue weighted by Gasteiger charge is -2.05. The van der Waals surface area contributed by atoms with Crippen molar-refractivity contribution in [3.63, 3.8) is 0 Å². The molecule has 0 fully saturated rings. The van der Waals surface area contributed by atoms with Crippen LogP contribution in [0.25, 0.3) is 11.3 Å². The molecule has 1 N–H and O–H groups in total. The maximum Gasteiger partial charge on any atom is 0.335 e. The lowest BCUT2D eigenvalue weighted by molar-refractivity contribution is 0.306. The molecule has 0 spiro atoms. The predicted octanol–water partition coefficient (Wildman–Crippen LogP) is 3.33. The molecule has 0 radical (unpaired) electrons. The van der Waals surface area contributed by atoms with Crippen LogP contribution in [0.5, 0.6) is 0 Å². The van der Waals surface area contributed by atoms with E-state index in [1.807, 2.05) is 30.3 Å². The molecule has 1 atom stereocenters. The van der Waals surface area contributed by atoms with Crippen LogP contribution in [0.15, 0.2) is 34.9 Å². The molecule has 1 aromatic heterocycles. The van der Waals surface area contributed by atoms with Crippen LogP contribution >= 0.6 is 19.2 Å². The Morgan fingerprint density at radius 3 is 2.72 bits per heavy atom. The summed E-state index contributed by atoms with van der Waals surface area (Å²) in [6.07, 6.45) is -0.303. The standard InChI is InChI=1S/C11H11ClNO4P/c1-16-18(14,15)7-9-10(12)11(13-17-9)8-5-3-2-4-6-8/h2-6H,7H2,1H3,(H,14,15). The van der Waals surface area contributed by atoms with Crippen LogP contribution in [0.4, 0.5) is 0 Å². The molecule has 0 bridgehead atoms. The first kappa shape index (κ1) is 13.3. The zero-order valence-corrected chi connectivity index (χ0v) is 11.2. The zero-order chi connectivity index (χ0) is 13.2. The molecular weight excluding hydrogens is 277 g/mol. The summed E-state index contributed by atoms with van der Waals surface area (Å²) in [5, 5.41) is 4.04. The van der Waals surface area contributed by atoms with E-state index in [0.717, 1.165) is 12.7 Å². The number of aromatic nitrogens is 1. The summed E-state index contributed by atoms with van der Waals surface area (Å²) in [7, 11) is -2.56. The van der Waals surface area contributed by atoms with Gasteiger partial charge in [0.2, 0.25) is 0 Å². The molecule has 0 amide bonds. The predicted molar refractivity (Wildman–Crippen MR) is 67.5 cm³/mol. The zero-order valence-electron chi connectivity index (χ0n) is 9.54. The van der Waals surface area contributed by atoms with Gasteiger partial charge in [0.15, 0.2) is 5.76 Å². The summed E-state index contributed by atoms with van der Waals surface area (Å²) in [4.78, 5) is 9.37. The van der Waals surface area contributed by atoms with E-state index in [1.165, 1.54) is 0 Å². The van der Waals surface area contributed by atoms with Gasteiger partial charge >= 0.3 is 7.60 Å². The van der Waals surface area contributed by atoms with Gasteiger partial charge < -0.3 is 13.9 Å². The van der Waals surface area contributed by atoms with Crippen LogP contribution in [0, 0.1) is 0 Å². The van der Waals surface area contributed by atoms with Crippen molar-refractivity contribution in [3.8, 4) is 11.3 Å². The van der Waals surface area contributed by atoms with Crippen molar-refractivity contribution >= 4 is 19.2 Å². The molecule has 1 heterocycles. The number of rotatable bonds is 4.